The SMILES string of the molecule is CCN1CCCC1CNC(=O)C1CNC(C)CN1. The molecule has 0 bridgehead atoms. The average molecular weight is 254 g/mol. The molecular weight excluding hydrogens is 228 g/mol. The Labute approximate surface area is 110 Å². The molecule has 0 aromatic rings. The van der Waals surface area contributed by atoms with Gasteiger partial charge in [0.15, 0.2) is 0 Å². The molecule has 0 aromatic carbocycles. The van der Waals surface area contributed by atoms with Crippen molar-refractivity contribution in [3.63, 3.8) is 0 Å². The zero-order valence-electron chi connectivity index (χ0n) is 11.5. The van der Waals surface area contributed by atoms with Crippen LogP contribution in [-0.4, -0.2) is 61.7 Å². The summed E-state index contributed by atoms with van der Waals surface area (Å²) in [6.45, 7) is 8.96. The molecule has 2 aliphatic rings. The summed E-state index contributed by atoms with van der Waals surface area (Å²) >= 11 is 0. The minimum Gasteiger partial charge on any atom is -0.353 e. The highest BCUT2D eigenvalue weighted by atomic mass is 16.2. The molecule has 0 radical (unpaired) electrons. The maximum absolute atomic E-state index is 12.0. The van der Waals surface area contributed by atoms with Gasteiger partial charge in [0, 0.05) is 31.7 Å². The van der Waals surface area contributed by atoms with Crippen LogP contribution in [0.25, 0.3) is 0 Å². The van der Waals surface area contributed by atoms with E-state index in [0.29, 0.717) is 12.1 Å². The smallest absolute Gasteiger partial charge is 0.238 e. The molecule has 3 unspecified atom stereocenters. The topological polar surface area (TPSA) is 56.4 Å². The quantitative estimate of drug-likeness (QED) is 0.635. The van der Waals surface area contributed by atoms with Crippen molar-refractivity contribution in [2.75, 3.05) is 32.7 Å². The Kier molecular flexibility index (Phi) is 4.97. The second-order valence-corrected chi connectivity index (χ2v) is 5.44. The molecule has 104 valence electrons. The summed E-state index contributed by atoms with van der Waals surface area (Å²) in [5.74, 6) is 0.136. The standard InChI is InChI=1S/C13H26N4O/c1-3-17-6-4-5-11(17)8-16-13(18)12-9-14-10(2)7-15-12/h10-12,14-15H,3-9H2,1-2H3,(H,16,18). The van der Waals surface area contributed by atoms with Gasteiger partial charge < -0.3 is 16.0 Å². The molecule has 1 amide bonds. The van der Waals surface area contributed by atoms with Gasteiger partial charge in [0.1, 0.15) is 0 Å². The summed E-state index contributed by atoms with van der Waals surface area (Å²) in [6, 6.07) is 0.923. The number of nitrogens with one attached hydrogen (secondary N) is 3. The Hall–Kier alpha value is -0.650. The van der Waals surface area contributed by atoms with Crippen molar-refractivity contribution >= 4 is 5.91 Å². The Morgan fingerprint density at radius 1 is 1.39 bits per heavy atom. The molecule has 3 atom stereocenters. The lowest BCUT2D eigenvalue weighted by Gasteiger charge is -2.29. The van der Waals surface area contributed by atoms with Crippen LogP contribution < -0.4 is 16.0 Å². The molecule has 3 N–H and O–H groups in total. The minimum absolute atomic E-state index is 0.0716. The first kappa shape index (κ1) is 13.8. The summed E-state index contributed by atoms with van der Waals surface area (Å²) < 4.78 is 0. The first-order valence-electron chi connectivity index (χ1n) is 7.19. The largest absolute Gasteiger partial charge is 0.353 e. The van der Waals surface area contributed by atoms with E-state index in [1.165, 1.54) is 19.4 Å². The molecule has 2 aliphatic heterocycles. The molecule has 18 heavy (non-hydrogen) atoms. The molecular formula is C13H26N4O. The number of likely N-dealkylation sites (tertiary alicyclic amines) is 1. The number of carbonyl (C=O) groups excluding carboxylic acids is 1. The van der Waals surface area contributed by atoms with E-state index in [9.17, 15) is 4.79 Å². The lowest BCUT2D eigenvalue weighted by molar-refractivity contribution is -0.123. The zero-order chi connectivity index (χ0) is 13.0. The number of amides is 1. The van der Waals surface area contributed by atoms with Crippen LogP contribution in [0.2, 0.25) is 0 Å². The lowest BCUT2D eigenvalue weighted by atomic mass is 10.1. The third-order valence-corrected chi connectivity index (χ3v) is 4.07. The van der Waals surface area contributed by atoms with Crippen molar-refractivity contribution in [3.8, 4) is 0 Å². The van der Waals surface area contributed by atoms with Crippen LogP contribution in [0.1, 0.15) is 26.7 Å². The number of piperazine rings is 1. The van der Waals surface area contributed by atoms with Crippen molar-refractivity contribution in [3.05, 3.63) is 0 Å². The van der Waals surface area contributed by atoms with E-state index >= 15 is 0 Å². The molecule has 2 fully saturated rings. The number of likely N-dealkylation sites (N-methyl/N-ethyl adjacent to an activating group) is 1. The van der Waals surface area contributed by atoms with Gasteiger partial charge in [-0.05, 0) is 32.9 Å². The molecule has 2 heterocycles. The predicted molar refractivity (Wildman–Crippen MR) is 72.5 cm³/mol. The van der Waals surface area contributed by atoms with Gasteiger partial charge in [-0.3, -0.25) is 9.69 Å². The lowest BCUT2D eigenvalue weighted by Crippen LogP contribution is -2.59. The van der Waals surface area contributed by atoms with Gasteiger partial charge in [0.25, 0.3) is 0 Å². The van der Waals surface area contributed by atoms with E-state index in [1.807, 2.05) is 0 Å². The van der Waals surface area contributed by atoms with Crippen LogP contribution in [-0.2, 0) is 4.79 Å². The maximum atomic E-state index is 12.0. The van der Waals surface area contributed by atoms with Crippen LogP contribution in [0.3, 0.4) is 0 Å². The Morgan fingerprint density at radius 3 is 2.89 bits per heavy atom. The van der Waals surface area contributed by atoms with E-state index in [2.05, 4.69) is 34.7 Å². The average Bonchev–Trinajstić information content (AvgIpc) is 2.84. The van der Waals surface area contributed by atoms with Crippen molar-refractivity contribution in [1.29, 1.82) is 0 Å². The van der Waals surface area contributed by atoms with Gasteiger partial charge in [0.2, 0.25) is 5.91 Å². The highest BCUT2D eigenvalue weighted by molar-refractivity contribution is 5.82. The Balaban J connectivity index is 1.71. The fourth-order valence-corrected chi connectivity index (χ4v) is 2.85. The second-order valence-electron chi connectivity index (χ2n) is 5.44. The van der Waals surface area contributed by atoms with Crippen molar-refractivity contribution in [2.24, 2.45) is 0 Å². The highest BCUT2D eigenvalue weighted by Crippen LogP contribution is 2.15. The summed E-state index contributed by atoms with van der Waals surface area (Å²) in [4.78, 5) is 14.5. The monoisotopic (exact) mass is 254 g/mol. The predicted octanol–water partition coefficient (Wildman–Crippen LogP) is -0.463. The minimum atomic E-state index is -0.0716. The van der Waals surface area contributed by atoms with Gasteiger partial charge >= 0.3 is 0 Å². The van der Waals surface area contributed by atoms with Crippen molar-refractivity contribution < 1.29 is 4.79 Å². The van der Waals surface area contributed by atoms with Crippen LogP contribution in [0.5, 0.6) is 0 Å². The summed E-state index contributed by atoms with van der Waals surface area (Å²) in [6.07, 6.45) is 2.47. The van der Waals surface area contributed by atoms with E-state index in [4.69, 9.17) is 0 Å². The van der Waals surface area contributed by atoms with Crippen LogP contribution >= 0.6 is 0 Å². The molecule has 0 saturated carbocycles. The van der Waals surface area contributed by atoms with Crippen LogP contribution in [0, 0.1) is 0 Å². The summed E-state index contributed by atoms with van der Waals surface area (Å²) in [5.41, 5.74) is 0. The van der Waals surface area contributed by atoms with Crippen LogP contribution in [0.15, 0.2) is 0 Å². The zero-order valence-corrected chi connectivity index (χ0v) is 11.5. The molecule has 5 heteroatoms. The summed E-state index contributed by atoms with van der Waals surface area (Å²) in [5, 5.41) is 9.70. The Bertz CT molecular complexity index is 276. The van der Waals surface area contributed by atoms with E-state index < -0.39 is 0 Å². The van der Waals surface area contributed by atoms with E-state index in [1.54, 1.807) is 0 Å². The molecule has 0 aromatic heterocycles. The third-order valence-electron chi connectivity index (χ3n) is 4.07. The van der Waals surface area contributed by atoms with Crippen molar-refractivity contribution in [1.82, 2.24) is 20.9 Å². The van der Waals surface area contributed by atoms with E-state index in [-0.39, 0.29) is 11.9 Å². The number of carbonyl (C=O) groups is 1. The normalized spacial score (nSPS) is 33.6. The van der Waals surface area contributed by atoms with Gasteiger partial charge in [0.05, 0.1) is 6.04 Å². The van der Waals surface area contributed by atoms with Crippen LogP contribution in [0.4, 0.5) is 0 Å². The van der Waals surface area contributed by atoms with Crippen molar-refractivity contribution in [2.45, 2.75) is 44.8 Å². The number of hydrogen-bond acceptors (Lipinski definition) is 4. The fourth-order valence-electron chi connectivity index (χ4n) is 2.85. The first-order valence-corrected chi connectivity index (χ1v) is 7.19. The number of hydrogen-bond donors (Lipinski definition) is 3. The molecule has 2 rings (SSSR count). The molecule has 5 nitrogen and oxygen atoms in total. The van der Waals surface area contributed by atoms with Gasteiger partial charge in [-0.2, -0.15) is 0 Å². The number of rotatable bonds is 4. The Morgan fingerprint density at radius 2 is 2.22 bits per heavy atom. The maximum Gasteiger partial charge on any atom is 0.238 e. The van der Waals surface area contributed by atoms with Gasteiger partial charge in [-0.25, -0.2) is 0 Å². The first-order chi connectivity index (χ1) is 8.70. The molecule has 2 saturated heterocycles. The highest BCUT2D eigenvalue weighted by Gasteiger charge is 2.26. The second kappa shape index (κ2) is 6.50. The van der Waals surface area contributed by atoms with Gasteiger partial charge in [-0.1, -0.05) is 6.92 Å². The van der Waals surface area contributed by atoms with Gasteiger partial charge in [-0.15, -0.1) is 0 Å². The molecule has 0 aliphatic carbocycles. The number of nitrogens with zero attached hydrogens (tertiary/aromatic N) is 1. The molecule has 0 spiro atoms. The third kappa shape index (κ3) is 3.43. The van der Waals surface area contributed by atoms with E-state index in [0.717, 1.165) is 26.2 Å². The summed E-state index contributed by atoms with van der Waals surface area (Å²) in [7, 11) is 0. The fraction of sp³-hybridized carbons (Fsp3) is 0.923.